The molecule has 3 rings (SSSR count). The van der Waals surface area contributed by atoms with Gasteiger partial charge in [-0.15, -0.1) is 0 Å². The number of anilines is 2. The van der Waals surface area contributed by atoms with Gasteiger partial charge < -0.3 is 20.4 Å². The number of nitrogens with zero attached hydrogens (tertiary/aromatic N) is 3. The maximum atomic E-state index is 12.7. The number of hydrogen-bond donors (Lipinski definition) is 4. The van der Waals surface area contributed by atoms with Gasteiger partial charge >= 0.3 is 5.97 Å². The average Bonchev–Trinajstić information content (AvgIpc) is 3.17. The van der Waals surface area contributed by atoms with Crippen molar-refractivity contribution in [2.24, 2.45) is 0 Å². The van der Waals surface area contributed by atoms with Gasteiger partial charge in [-0.3, -0.25) is 19.3 Å². The zero-order valence-electron chi connectivity index (χ0n) is 18.5. The van der Waals surface area contributed by atoms with Crippen LogP contribution in [-0.2, 0) is 9.59 Å². The number of carbonyl (C=O) groups excluding carboxylic acids is 1. The Morgan fingerprint density at radius 3 is 2.55 bits per heavy atom. The van der Waals surface area contributed by atoms with E-state index >= 15 is 0 Å². The number of aliphatic carboxylic acids is 1. The minimum Gasteiger partial charge on any atom is -0.481 e. The molecule has 0 saturated carbocycles. The number of H-pyrrole nitrogens is 1. The molecule has 1 heterocycles. The maximum Gasteiger partial charge on any atom is 0.306 e. The van der Waals surface area contributed by atoms with Crippen LogP contribution in [0.1, 0.15) is 24.0 Å². The first-order chi connectivity index (χ1) is 15.7. The number of aryl methyl sites for hydroxylation is 2. The summed E-state index contributed by atoms with van der Waals surface area (Å²) in [5.41, 5.74) is 4.25. The largest absolute Gasteiger partial charge is 0.481 e. The van der Waals surface area contributed by atoms with E-state index in [2.05, 4.69) is 15.5 Å². The number of aliphatic hydroxyl groups excluding tert-OH is 1. The van der Waals surface area contributed by atoms with Gasteiger partial charge in [-0.2, -0.15) is 5.10 Å². The van der Waals surface area contributed by atoms with Crippen molar-refractivity contribution < 1.29 is 19.8 Å². The Bertz CT molecular complexity index is 1170. The molecule has 1 unspecified atom stereocenters. The molecule has 0 aliphatic heterocycles. The van der Waals surface area contributed by atoms with E-state index in [-0.39, 0.29) is 25.3 Å². The molecule has 4 N–H and O–H groups in total. The molecule has 0 fully saturated rings. The smallest absolute Gasteiger partial charge is 0.306 e. The van der Waals surface area contributed by atoms with Gasteiger partial charge in [-0.05, 0) is 55.4 Å². The highest BCUT2D eigenvalue weighted by Gasteiger charge is 2.19. The highest BCUT2D eigenvalue weighted by molar-refractivity contribution is 7.71. The number of nitrogens with one attached hydrogen (secondary N) is 2. The third-order valence-corrected chi connectivity index (χ3v) is 5.45. The predicted molar refractivity (Wildman–Crippen MR) is 128 cm³/mol. The number of carboxylic acid groups (broad SMARTS) is 1. The van der Waals surface area contributed by atoms with Crippen LogP contribution in [-0.4, -0.2) is 56.0 Å². The number of carboxylic acids is 1. The fraction of sp³-hybridized carbons (Fsp3) is 0.304. The SMILES string of the molecule is Cc1cccc(C)c1N(CCC(=O)Nc1cccc(-n2cn[nH]c2=S)c1)CC(O)CC(=O)O. The van der Waals surface area contributed by atoms with Gasteiger partial charge in [0.2, 0.25) is 5.91 Å². The Balaban J connectivity index is 1.71. The molecule has 33 heavy (non-hydrogen) atoms. The Labute approximate surface area is 196 Å². The van der Waals surface area contributed by atoms with Crippen LogP contribution in [0.5, 0.6) is 0 Å². The number of aromatic amines is 1. The minimum absolute atomic E-state index is 0.111. The van der Waals surface area contributed by atoms with Gasteiger partial charge in [0.1, 0.15) is 6.33 Å². The molecule has 0 aliphatic rings. The molecule has 2 aromatic carbocycles. The molecular formula is C23H27N5O4S. The standard InChI is InChI=1S/C23H27N5O4S/c1-15-5-3-6-16(2)22(15)27(13-19(29)12-21(31)32)10-9-20(30)25-17-7-4-8-18(11-17)28-14-24-26-23(28)33/h3-8,11,14,19,29H,9-10,12-13H2,1-2H3,(H,25,30)(H,26,33)(H,31,32). The van der Waals surface area contributed by atoms with Crippen LogP contribution in [0.15, 0.2) is 48.8 Å². The van der Waals surface area contributed by atoms with E-state index in [0.717, 1.165) is 22.5 Å². The summed E-state index contributed by atoms with van der Waals surface area (Å²) >= 11 is 5.19. The first-order valence-electron chi connectivity index (χ1n) is 10.5. The van der Waals surface area contributed by atoms with Gasteiger partial charge in [-0.1, -0.05) is 24.3 Å². The Kier molecular flexibility index (Phi) is 7.96. The van der Waals surface area contributed by atoms with E-state index in [1.165, 1.54) is 0 Å². The van der Waals surface area contributed by atoms with Crippen LogP contribution in [0.3, 0.4) is 0 Å². The fourth-order valence-corrected chi connectivity index (χ4v) is 3.95. The number of para-hydroxylation sites is 1. The van der Waals surface area contributed by atoms with Crippen molar-refractivity contribution in [2.75, 3.05) is 23.3 Å². The van der Waals surface area contributed by atoms with E-state index in [4.69, 9.17) is 17.3 Å². The number of benzene rings is 2. The average molecular weight is 470 g/mol. The first kappa shape index (κ1) is 24.1. The molecule has 0 radical (unpaired) electrons. The summed E-state index contributed by atoms with van der Waals surface area (Å²) in [6.07, 6.45) is 0.300. The summed E-state index contributed by atoms with van der Waals surface area (Å²) in [5.74, 6) is -1.27. The molecular weight excluding hydrogens is 442 g/mol. The van der Waals surface area contributed by atoms with Crippen LogP contribution in [0.25, 0.3) is 5.69 Å². The summed E-state index contributed by atoms with van der Waals surface area (Å²) < 4.78 is 2.14. The predicted octanol–water partition coefficient (Wildman–Crippen LogP) is 3.22. The topological polar surface area (TPSA) is 123 Å². The molecule has 0 saturated heterocycles. The van der Waals surface area contributed by atoms with Crippen molar-refractivity contribution in [3.05, 3.63) is 64.7 Å². The maximum absolute atomic E-state index is 12.7. The zero-order valence-corrected chi connectivity index (χ0v) is 19.3. The lowest BCUT2D eigenvalue weighted by molar-refractivity contribution is -0.139. The Morgan fingerprint density at radius 2 is 1.91 bits per heavy atom. The number of hydrogen-bond acceptors (Lipinski definition) is 6. The van der Waals surface area contributed by atoms with Crippen molar-refractivity contribution in [3.8, 4) is 5.69 Å². The van der Waals surface area contributed by atoms with Gasteiger partial charge in [0, 0.05) is 30.9 Å². The lowest BCUT2D eigenvalue weighted by Crippen LogP contribution is -2.36. The summed E-state index contributed by atoms with van der Waals surface area (Å²) in [6, 6.07) is 13.1. The molecule has 10 heteroatoms. The van der Waals surface area contributed by atoms with Crippen LogP contribution in [0.4, 0.5) is 11.4 Å². The second-order valence-electron chi connectivity index (χ2n) is 7.82. The molecule has 1 atom stereocenters. The van der Waals surface area contributed by atoms with Crippen molar-refractivity contribution >= 4 is 35.5 Å². The van der Waals surface area contributed by atoms with Crippen LogP contribution >= 0.6 is 12.2 Å². The highest BCUT2D eigenvalue weighted by atomic mass is 32.1. The quantitative estimate of drug-likeness (QED) is 0.336. The summed E-state index contributed by atoms with van der Waals surface area (Å²) in [7, 11) is 0. The second-order valence-corrected chi connectivity index (χ2v) is 8.20. The molecule has 174 valence electrons. The highest BCUT2D eigenvalue weighted by Crippen LogP contribution is 2.25. The van der Waals surface area contributed by atoms with Crippen LogP contribution in [0.2, 0.25) is 0 Å². The van der Waals surface area contributed by atoms with Gasteiger partial charge in [0.05, 0.1) is 18.2 Å². The summed E-state index contributed by atoms with van der Waals surface area (Å²) in [4.78, 5) is 25.6. The Morgan fingerprint density at radius 1 is 1.21 bits per heavy atom. The van der Waals surface area contributed by atoms with E-state index in [1.54, 1.807) is 23.0 Å². The lowest BCUT2D eigenvalue weighted by atomic mass is 10.1. The number of aliphatic hydroxyl groups is 1. The van der Waals surface area contributed by atoms with Gasteiger partial charge in [0.25, 0.3) is 0 Å². The van der Waals surface area contributed by atoms with E-state index in [0.29, 0.717) is 17.0 Å². The molecule has 0 spiro atoms. The van der Waals surface area contributed by atoms with Crippen LogP contribution < -0.4 is 10.2 Å². The van der Waals surface area contributed by atoms with Crippen LogP contribution in [0, 0.1) is 18.6 Å². The number of rotatable bonds is 10. The molecule has 1 aromatic heterocycles. The van der Waals surface area contributed by atoms with Gasteiger partial charge in [-0.25, -0.2) is 0 Å². The minimum atomic E-state index is -1.07. The van der Waals surface area contributed by atoms with Gasteiger partial charge in [0.15, 0.2) is 4.77 Å². The summed E-state index contributed by atoms with van der Waals surface area (Å²) in [6.45, 7) is 4.33. The monoisotopic (exact) mass is 469 g/mol. The summed E-state index contributed by atoms with van der Waals surface area (Å²) in [5, 5.41) is 28.7. The van der Waals surface area contributed by atoms with E-state index in [1.807, 2.05) is 49.1 Å². The molecule has 9 nitrogen and oxygen atoms in total. The molecule has 1 amide bonds. The molecule has 0 bridgehead atoms. The van der Waals surface area contributed by atoms with E-state index < -0.39 is 12.1 Å². The lowest BCUT2D eigenvalue weighted by Gasteiger charge is -2.29. The normalized spacial score (nSPS) is 11.7. The van der Waals surface area contributed by atoms with Crippen molar-refractivity contribution in [3.63, 3.8) is 0 Å². The van der Waals surface area contributed by atoms with Crippen molar-refractivity contribution in [1.82, 2.24) is 14.8 Å². The fourth-order valence-electron chi connectivity index (χ4n) is 3.74. The molecule has 3 aromatic rings. The Hall–Kier alpha value is -3.50. The number of amides is 1. The number of carbonyl (C=O) groups is 2. The second kappa shape index (κ2) is 10.9. The third kappa shape index (κ3) is 6.50. The van der Waals surface area contributed by atoms with Crippen molar-refractivity contribution in [1.29, 1.82) is 0 Å². The third-order valence-electron chi connectivity index (χ3n) is 5.17. The van der Waals surface area contributed by atoms with E-state index in [9.17, 15) is 14.7 Å². The zero-order chi connectivity index (χ0) is 24.0. The molecule has 0 aliphatic carbocycles. The first-order valence-corrected chi connectivity index (χ1v) is 10.9. The van der Waals surface area contributed by atoms with Crippen molar-refractivity contribution in [2.45, 2.75) is 32.8 Å². The number of aromatic nitrogens is 3.